The number of esters is 1. The number of nitrogens with one attached hydrogen (secondary N) is 1. The van der Waals surface area contributed by atoms with E-state index < -0.39 is 16.0 Å². The number of halogens is 1. The second-order valence-corrected chi connectivity index (χ2v) is 9.95. The highest BCUT2D eigenvalue weighted by Crippen LogP contribution is 2.29. The highest BCUT2D eigenvalue weighted by Gasteiger charge is 2.26. The van der Waals surface area contributed by atoms with Crippen LogP contribution in [-0.4, -0.2) is 52.0 Å². The monoisotopic (exact) mass is 494 g/mol. The number of anilines is 1. The van der Waals surface area contributed by atoms with Crippen molar-refractivity contribution in [3.8, 4) is 5.75 Å². The third kappa shape index (κ3) is 5.78. The van der Waals surface area contributed by atoms with Gasteiger partial charge in [-0.1, -0.05) is 18.5 Å². The van der Waals surface area contributed by atoms with E-state index in [-0.39, 0.29) is 39.2 Å². The summed E-state index contributed by atoms with van der Waals surface area (Å²) in [4.78, 5) is 26.6. The zero-order chi connectivity index (χ0) is 24.2. The fourth-order valence-electron chi connectivity index (χ4n) is 3.55. The number of carbonyl (C=O) groups excluding carboxylic acids is 2. The maximum atomic E-state index is 13.1. The largest absolute Gasteiger partial charge is 0.496 e. The lowest BCUT2D eigenvalue weighted by atomic mass is 9.98. The van der Waals surface area contributed by atoms with Crippen LogP contribution in [0, 0.1) is 5.92 Å². The molecule has 0 unspecified atom stereocenters. The van der Waals surface area contributed by atoms with Crippen LogP contribution in [0.25, 0.3) is 0 Å². The molecule has 0 bridgehead atoms. The Balaban J connectivity index is 1.87. The van der Waals surface area contributed by atoms with Crippen molar-refractivity contribution >= 4 is 39.2 Å². The van der Waals surface area contributed by atoms with Gasteiger partial charge in [0.2, 0.25) is 0 Å². The van der Waals surface area contributed by atoms with Crippen molar-refractivity contribution in [2.45, 2.75) is 31.6 Å². The first-order valence-electron chi connectivity index (χ1n) is 10.6. The molecule has 3 rings (SSSR count). The maximum Gasteiger partial charge on any atom is 0.338 e. The minimum atomic E-state index is -4.08. The number of piperidine rings is 1. The molecular formula is C23H27ClN2O6S. The molecule has 1 heterocycles. The van der Waals surface area contributed by atoms with Crippen molar-refractivity contribution in [1.29, 1.82) is 0 Å². The summed E-state index contributed by atoms with van der Waals surface area (Å²) in [5.41, 5.74) is 0.482. The van der Waals surface area contributed by atoms with Gasteiger partial charge >= 0.3 is 5.97 Å². The van der Waals surface area contributed by atoms with Gasteiger partial charge in [-0.3, -0.25) is 9.52 Å². The smallest absolute Gasteiger partial charge is 0.338 e. The first kappa shape index (κ1) is 24.9. The van der Waals surface area contributed by atoms with Gasteiger partial charge in [0.15, 0.2) is 0 Å². The predicted octanol–water partition coefficient (Wildman–Crippen LogP) is 4.20. The second-order valence-electron chi connectivity index (χ2n) is 7.86. The minimum absolute atomic E-state index is 0.0383. The highest BCUT2D eigenvalue weighted by molar-refractivity contribution is 7.92. The molecule has 1 N–H and O–H groups in total. The van der Waals surface area contributed by atoms with Crippen LogP contribution in [-0.2, 0) is 14.8 Å². The lowest BCUT2D eigenvalue weighted by Crippen LogP contribution is -2.38. The third-order valence-corrected chi connectivity index (χ3v) is 7.18. The lowest BCUT2D eigenvalue weighted by Gasteiger charge is -2.30. The van der Waals surface area contributed by atoms with Gasteiger partial charge < -0.3 is 14.4 Å². The number of benzene rings is 2. The van der Waals surface area contributed by atoms with E-state index in [1.807, 2.05) is 0 Å². The van der Waals surface area contributed by atoms with Crippen LogP contribution < -0.4 is 9.46 Å². The Kier molecular flexibility index (Phi) is 7.86. The molecule has 1 aliphatic heterocycles. The van der Waals surface area contributed by atoms with Crippen molar-refractivity contribution in [1.82, 2.24) is 4.90 Å². The molecule has 1 saturated heterocycles. The summed E-state index contributed by atoms with van der Waals surface area (Å²) in [6, 6.07) is 8.26. The Morgan fingerprint density at radius 3 is 2.45 bits per heavy atom. The zero-order valence-electron chi connectivity index (χ0n) is 18.8. The molecule has 0 saturated carbocycles. The Hall–Kier alpha value is -2.78. The van der Waals surface area contributed by atoms with Gasteiger partial charge in [-0.05, 0) is 62.1 Å². The molecule has 0 aromatic heterocycles. The summed E-state index contributed by atoms with van der Waals surface area (Å²) in [6.45, 7) is 5.26. The summed E-state index contributed by atoms with van der Waals surface area (Å²) >= 11 is 6.19. The topological polar surface area (TPSA) is 102 Å². The van der Waals surface area contributed by atoms with E-state index in [2.05, 4.69) is 11.6 Å². The van der Waals surface area contributed by atoms with E-state index >= 15 is 0 Å². The fraction of sp³-hybridized carbons (Fsp3) is 0.391. The normalized spacial score (nSPS) is 14.6. The first-order valence-corrected chi connectivity index (χ1v) is 12.5. The molecular weight excluding hydrogens is 468 g/mol. The molecule has 2 aromatic rings. The van der Waals surface area contributed by atoms with Gasteiger partial charge in [0.25, 0.3) is 15.9 Å². The van der Waals surface area contributed by atoms with E-state index in [0.29, 0.717) is 24.8 Å². The second kappa shape index (κ2) is 10.4. The molecule has 0 radical (unpaired) electrons. The van der Waals surface area contributed by atoms with Crippen LogP contribution in [0.2, 0.25) is 5.02 Å². The predicted molar refractivity (Wildman–Crippen MR) is 126 cm³/mol. The summed E-state index contributed by atoms with van der Waals surface area (Å²) < 4.78 is 38.7. The lowest BCUT2D eigenvalue weighted by molar-refractivity contribution is 0.0526. The third-order valence-electron chi connectivity index (χ3n) is 5.51. The average Bonchev–Trinajstić information content (AvgIpc) is 2.80. The summed E-state index contributed by atoms with van der Waals surface area (Å²) in [5.74, 6) is 0.0214. The number of hydrogen-bond donors (Lipinski definition) is 1. The van der Waals surface area contributed by atoms with Crippen molar-refractivity contribution in [3.05, 3.63) is 52.5 Å². The Bertz CT molecular complexity index is 1140. The molecule has 33 heavy (non-hydrogen) atoms. The number of sulfonamides is 1. The van der Waals surface area contributed by atoms with E-state index in [4.69, 9.17) is 21.1 Å². The first-order chi connectivity index (χ1) is 15.7. The van der Waals surface area contributed by atoms with E-state index in [0.717, 1.165) is 12.8 Å². The van der Waals surface area contributed by atoms with Crippen molar-refractivity contribution in [2.75, 3.05) is 31.5 Å². The van der Waals surface area contributed by atoms with Crippen LogP contribution >= 0.6 is 11.6 Å². The molecule has 0 spiro atoms. The SMILES string of the molecule is CCOC(=O)c1ccc(NS(=O)(=O)c2ccc(OC)c(C(=O)N3CCC(C)CC3)c2)c(Cl)c1. The number of nitrogens with zero attached hydrogens (tertiary/aromatic N) is 1. The minimum Gasteiger partial charge on any atom is -0.496 e. The van der Waals surface area contributed by atoms with E-state index in [1.165, 1.54) is 43.5 Å². The fourth-order valence-corrected chi connectivity index (χ4v) is 4.94. The van der Waals surface area contributed by atoms with Crippen LogP contribution in [0.3, 0.4) is 0 Å². The molecule has 1 amide bonds. The number of rotatable bonds is 7. The standard InChI is InChI=1S/C23H27ClN2O6S/c1-4-32-23(28)16-5-7-20(19(24)13-16)25-33(29,30)17-6-8-21(31-3)18(14-17)22(27)26-11-9-15(2)10-12-26/h5-8,13-15,25H,4,9-12H2,1-3H3. The number of hydrogen-bond acceptors (Lipinski definition) is 6. The summed E-state index contributed by atoms with van der Waals surface area (Å²) in [7, 11) is -2.64. The van der Waals surface area contributed by atoms with Gasteiger partial charge in [0.05, 0.1) is 40.4 Å². The molecule has 0 atom stereocenters. The number of methoxy groups -OCH3 is 1. The van der Waals surface area contributed by atoms with Gasteiger partial charge in [0, 0.05) is 13.1 Å². The number of likely N-dealkylation sites (tertiary alicyclic amines) is 1. The van der Waals surface area contributed by atoms with Crippen LogP contribution in [0.5, 0.6) is 5.75 Å². The van der Waals surface area contributed by atoms with Crippen LogP contribution in [0.4, 0.5) is 5.69 Å². The molecule has 10 heteroatoms. The van der Waals surface area contributed by atoms with Crippen LogP contribution in [0.1, 0.15) is 47.4 Å². The van der Waals surface area contributed by atoms with Crippen molar-refractivity contribution < 1.29 is 27.5 Å². The van der Waals surface area contributed by atoms with Crippen molar-refractivity contribution in [3.63, 3.8) is 0 Å². The van der Waals surface area contributed by atoms with Gasteiger partial charge in [-0.15, -0.1) is 0 Å². The average molecular weight is 495 g/mol. The molecule has 8 nitrogen and oxygen atoms in total. The van der Waals surface area contributed by atoms with E-state index in [1.54, 1.807) is 11.8 Å². The number of amides is 1. The Labute approximate surface area is 198 Å². The van der Waals surface area contributed by atoms with E-state index in [9.17, 15) is 18.0 Å². The summed E-state index contributed by atoms with van der Waals surface area (Å²) in [5, 5.41) is 0.0383. The Morgan fingerprint density at radius 2 is 1.85 bits per heavy atom. The molecule has 178 valence electrons. The highest BCUT2D eigenvalue weighted by atomic mass is 35.5. The van der Waals surface area contributed by atoms with Gasteiger partial charge in [0.1, 0.15) is 5.75 Å². The molecule has 1 fully saturated rings. The van der Waals surface area contributed by atoms with Gasteiger partial charge in [-0.25, -0.2) is 13.2 Å². The maximum absolute atomic E-state index is 13.1. The molecule has 0 aliphatic carbocycles. The molecule has 1 aliphatic rings. The number of ether oxygens (including phenoxy) is 2. The van der Waals surface area contributed by atoms with Crippen LogP contribution in [0.15, 0.2) is 41.3 Å². The zero-order valence-corrected chi connectivity index (χ0v) is 20.3. The van der Waals surface area contributed by atoms with Crippen molar-refractivity contribution in [2.24, 2.45) is 5.92 Å². The summed E-state index contributed by atoms with van der Waals surface area (Å²) in [6.07, 6.45) is 1.79. The van der Waals surface area contributed by atoms with Gasteiger partial charge in [-0.2, -0.15) is 0 Å². The Morgan fingerprint density at radius 1 is 1.15 bits per heavy atom. The number of carbonyl (C=O) groups is 2. The molecule has 2 aromatic carbocycles. The quantitative estimate of drug-likeness (QED) is 0.579.